The maximum absolute atomic E-state index is 13.0. The Hall–Kier alpha value is -2.54. The van der Waals surface area contributed by atoms with E-state index in [1.807, 2.05) is 19.1 Å². The van der Waals surface area contributed by atoms with Crippen LogP contribution in [-0.2, 0) is 17.8 Å². The second-order valence-electron chi connectivity index (χ2n) is 7.02. The predicted octanol–water partition coefficient (Wildman–Crippen LogP) is 3.85. The first-order valence-corrected chi connectivity index (χ1v) is 9.80. The number of halogens is 1. The fourth-order valence-electron chi connectivity index (χ4n) is 3.46. The molecule has 3 amide bonds. The summed E-state index contributed by atoms with van der Waals surface area (Å²) in [6.07, 6.45) is 2.07. The molecule has 1 aromatic carbocycles. The van der Waals surface area contributed by atoms with Crippen LogP contribution in [-0.4, -0.2) is 46.5 Å². The summed E-state index contributed by atoms with van der Waals surface area (Å²) in [4.78, 5) is 29.1. The molecule has 0 saturated carbocycles. The predicted molar refractivity (Wildman–Crippen MR) is 107 cm³/mol. The summed E-state index contributed by atoms with van der Waals surface area (Å²) in [6.45, 7) is 4.73. The maximum Gasteiger partial charge on any atom is 0.322 e. The molecule has 1 unspecified atom stereocenters. The van der Waals surface area contributed by atoms with Crippen LogP contribution in [0.15, 0.2) is 28.8 Å². The highest BCUT2D eigenvalue weighted by atomic mass is 35.5. The summed E-state index contributed by atoms with van der Waals surface area (Å²) in [5.74, 6) is 0.563. The third-order valence-electron chi connectivity index (χ3n) is 4.99. The van der Waals surface area contributed by atoms with E-state index in [-0.39, 0.29) is 11.9 Å². The molecule has 150 valence electrons. The highest BCUT2D eigenvalue weighted by molar-refractivity contribution is 6.30. The number of hydrogen-bond acceptors (Lipinski definition) is 4. The quantitative estimate of drug-likeness (QED) is 0.820. The van der Waals surface area contributed by atoms with Crippen molar-refractivity contribution in [2.45, 2.75) is 45.7 Å². The van der Waals surface area contributed by atoms with Crippen LogP contribution in [0.2, 0.25) is 5.02 Å². The third-order valence-corrected chi connectivity index (χ3v) is 5.25. The van der Waals surface area contributed by atoms with Crippen LogP contribution in [0, 0.1) is 6.92 Å². The van der Waals surface area contributed by atoms with Gasteiger partial charge in [-0.15, -0.1) is 0 Å². The van der Waals surface area contributed by atoms with Gasteiger partial charge in [-0.2, -0.15) is 0 Å². The van der Waals surface area contributed by atoms with Gasteiger partial charge >= 0.3 is 6.03 Å². The van der Waals surface area contributed by atoms with Crippen molar-refractivity contribution >= 4 is 29.2 Å². The fraction of sp³-hybridized carbons (Fsp3) is 0.450. The average Bonchev–Trinajstić information content (AvgIpc) is 3.30. The molecule has 8 heteroatoms. The largest absolute Gasteiger partial charge is 0.359 e. The highest BCUT2D eigenvalue weighted by Crippen LogP contribution is 2.25. The number of aromatic nitrogens is 1. The Labute approximate surface area is 169 Å². The number of urea groups is 1. The van der Waals surface area contributed by atoms with Crippen LogP contribution in [0.3, 0.4) is 0 Å². The first kappa shape index (κ1) is 20.2. The van der Waals surface area contributed by atoms with Gasteiger partial charge in [-0.25, -0.2) is 4.79 Å². The van der Waals surface area contributed by atoms with Gasteiger partial charge in [0.05, 0.1) is 0 Å². The summed E-state index contributed by atoms with van der Waals surface area (Å²) >= 11 is 5.92. The number of likely N-dealkylation sites (tertiary alicyclic amines) is 1. The molecule has 1 fully saturated rings. The maximum atomic E-state index is 13.0. The van der Waals surface area contributed by atoms with Gasteiger partial charge in [-0.1, -0.05) is 35.8 Å². The molecule has 0 radical (unpaired) electrons. The topological polar surface area (TPSA) is 78.7 Å². The lowest BCUT2D eigenvalue weighted by Gasteiger charge is -2.28. The van der Waals surface area contributed by atoms with Gasteiger partial charge < -0.3 is 19.6 Å². The number of aryl methyl sites for hydroxylation is 2. The smallest absolute Gasteiger partial charge is 0.322 e. The lowest BCUT2D eigenvalue weighted by molar-refractivity contribution is -0.134. The Morgan fingerprint density at radius 2 is 2.07 bits per heavy atom. The van der Waals surface area contributed by atoms with Gasteiger partial charge in [0.15, 0.2) is 5.76 Å². The van der Waals surface area contributed by atoms with E-state index in [0.29, 0.717) is 48.1 Å². The van der Waals surface area contributed by atoms with Crippen LogP contribution in [0.5, 0.6) is 0 Å². The Bertz CT molecular complexity index is 850. The minimum Gasteiger partial charge on any atom is -0.359 e. The first-order chi connectivity index (χ1) is 13.4. The number of likely N-dealkylation sites (N-methyl/N-ethyl adjacent to an activating group) is 1. The summed E-state index contributed by atoms with van der Waals surface area (Å²) in [5, 5.41) is 7.45. The van der Waals surface area contributed by atoms with Crippen molar-refractivity contribution in [1.82, 2.24) is 15.0 Å². The van der Waals surface area contributed by atoms with Crippen LogP contribution >= 0.6 is 11.6 Å². The normalized spacial score (nSPS) is 16.3. The van der Waals surface area contributed by atoms with E-state index >= 15 is 0 Å². The molecule has 1 N–H and O–H groups in total. The third kappa shape index (κ3) is 4.30. The van der Waals surface area contributed by atoms with Crippen LogP contribution < -0.4 is 5.32 Å². The summed E-state index contributed by atoms with van der Waals surface area (Å²) in [6, 6.07) is 6.63. The van der Waals surface area contributed by atoms with Gasteiger partial charge in [-0.3, -0.25) is 4.79 Å². The molecule has 2 aromatic rings. The number of nitrogens with one attached hydrogen (secondary N) is 1. The lowest BCUT2D eigenvalue weighted by Crippen LogP contribution is -2.47. The van der Waals surface area contributed by atoms with Crippen molar-refractivity contribution in [2.75, 3.05) is 18.9 Å². The zero-order chi connectivity index (χ0) is 20.3. The SMILES string of the molecule is CCc1onc(C)c1NC(=O)N1CCCC1C(=O)N(C)Cc1ccc(Cl)cc1. The molecule has 1 aromatic heterocycles. The number of nitrogens with zero attached hydrogens (tertiary/aromatic N) is 3. The second kappa shape index (κ2) is 8.65. The van der Waals surface area contributed by atoms with Gasteiger partial charge in [0.1, 0.15) is 17.4 Å². The van der Waals surface area contributed by atoms with Gasteiger partial charge in [0, 0.05) is 31.6 Å². The van der Waals surface area contributed by atoms with Crippen molar-refractivity contribution < 1.29 is 14.1 Å². The summed E-state index contributed by atoms with van der Waals surface area (Å²) in [5.41, 5.74) is 2.22. The van der Waals surface area contributed by atoms with E-state index in [2.05, 4.69) is 10.5 Å². The molecule has 0 spiro atoms. The van der Waals surface area contributed by atoms with E-state index in [1.165, 1.54) is 0 Å². The second-order valence-corrected chi connectivity index (χ2v) is 7.46. The Morgan fingerprint density at radius 1 is 1.36 bits per heavy atom. The van der Waals surface area contributed by atoms with E-state index in [9.17, 15) is 9.59 Å². The number of rotatable bonds is 5. The number of hydrogen-bond donors (Lipinski definition) is 1. The number of carbonyl (C=O) groups excluding carboxylic acids is 2. The van der Waals surface area contributed by atoms with Crippen LogP contribution in [0.4, 0.5) is 10.5 Å². The van der Waals surface area contributed by atoms with Crippen LogP contribution in [0.25, 0.3) is 0 Å². The average molecular weight is 405 g/mol. The number of benzene rings is 1. The molecule has 1 aliphatic rings. The fourth-order valence-corrected chi connectivity index (χ4v) is 3.59. The van der Waals surface area contributed by atoms with Crippen molar-refractivity contribution in [2.24, 2.45) is 0 Å². The van der Waals surface area contributed by atoms with E-state index in [0.717, 1.165) is 12.0 Å². The molecule has 1 saturated heterocycles. The van der Waals surface area contributed by atoms with Crippen molar-refractivity contribution in [3.63, 3.8) is 0 Å². The molecule has 7 nitrogen and oxygen atoms in total. The van der Waals surface area contributed by atoms with Crippen molar-refractivity contribution in [3.05, 3.63) is 46.3 Å². The molecule has 0 bridgehead atoms. The molecule has 1 aliphatic heterocycles. The lowest BCUT2D eigenvalue weighted by atomic mass is 10.1. The standard InChI is InChI=1S/C20H25ClN4O3/c1-4-17-18(13(2)23-28-17)22-20(27)25-11-5-6-16(25)19(26)24(3)12-14-7-9-15(21)10-8-14/h7-10,16H,4-6,11-12H2,1-3H3,(H,22,27). The Balaban J connectivity index is 1.67. The van der Waals surface area contributed by atoms with Crippen molar-refractivity contribution in [3.8, 4) is 0 Å². The van der Waals surface area contributed by atoms with E-state index in [4.69, 9.17) is 16.1 Å². The monoisotopic (exact) mass is 404 g/mol. The number of anilines is 1. The Morgan fingerprint density at radius 3 is 2.75 bits per heavy atom. The molecule has 28 heavy (non-hydrogen) atoms. The zero-order valence-electron chi connectivity index (χ0n) is 16.4. The van der Waals surface area contributed by atoms with Crippen molar-refractivity contribution in [1.29, 1.82) is 0 Å². The number of carbonyl (C=O) groups is 2. The minimum atomic E-state index is -0.470. The summed E-state index contributed by atoms with van der Waals surface area (Å²) in [7, 11) is 1.75. The van der Waals surface area contributed by atoms with Gasteiger partial charge in [-0.05, 0) is 37.5 Å². The van der Waals surface area contributed by atoms with Gasteiger partial charge in [0.25, 0.3) is 0 Å². The molecule has 3 rings (SSSR count). The molecule has 2 heterocycles. The summed E-state index contributed by atoms with van der Waals surface area (Å²) < 4.78 is 5.23. The number of amides is 3. The first-order valence-electron chi connectivity index (χ1n) is 9.43. The Kier molecular flexibility index (Phi) is 6.24. The minimum absolute atomic E-state index is 0.0691. The molecule has 0 aliphatic carbocycles. The van der Waals surface area contributed by atoms with E-state index in [1.54, 1.807) is 35.9 Å². The van der Waals surface area contributed by atoms with E-state index < -0.39 is 6.04 Å². The molecular formula is C20H25ClN4O3. The zero-order valence-corrected chi connectivity index (χ0v) is 17.1. The molecular weight excluding hydrogens is 380 g/mol. The molecule has 1 atom stereocenters. The van der Waals surface area contributed by atoms with Gasteiger partial charge in [0.2, 0.25) is 5.91 Å². The highest BCUT2D eigenvalue weighted by Gasteiger charge is 2.36. The van der Waals surface area contributed by atoms with Crippen LogP contribution in [0.1, 0.15) is 36.8 Å².